The molecule has 0 aliphatic heterocycles. The highest BCUT2D eigenvalue weighted by Crippen LogP contribution is 2.32. The van der Waals surface area contributed by atoms with Crippen molar-refractivity contribution < 1.29 is 19.4 Å². The van der Waals surface area contributed by atoms with Gasteiger partial charge in [-0.3, -0.25) is 0 Å². The fraction of sp³-hybridized carbons (Fsp3) is 0.118. The molecular formula is C17H16O4. The highest BCUT2D eigenvalue weighted by atomic mass is 16.5. The Morgan fingerprint density at radius 2 is 1.71 bits per heavy atom. The highest BCUT2D eigenvalue weighted by Gasteiger charge is 2.06. The normalized spacial score (nSPS) is 10.6. The molecule has 0 saturated heterocycles. The minimum atomic E-state index is -0.966. The van der Waals surface area contributed by atoms with Crippen LogP contribution in [0.3, 0.4) is 0 Å². The first kappa shape index (κ1) is 14.7. The van der Waals surface area contributed by atoms with E-state index in [0.29, 0.717) is 11.5 Å². The quantitative estimate of drug-likeness (QED) is 0.854. The van der Waals surface area contributed by atoms with Gasteiger partial charge in [-0.05, 0) is 41.0 Å². The van der Waals surface area contributed by atoms with Gasteiger partial charge in [-0.1, -0.05) is 24.3 Å². The number of hydrogen-bond acceptors (Lipinski definition) is 3. The van der Waals surface area contributed by atoms with Crippen LogP contribution in [0, 0.1) is 0 Å². The second-order valence-corrected chi connectivity index (χ2v) is 4.37. The predicted molar refractivity (Wildman–Crippen MR) is 81.7 cm³/mol. The van der Waals surface area contributed by atoms with Crippen LogP contribution >= 0.6 is 0 Å². The summed E-state index contributed by atoms with van der Waals surface area (Å²) in [6.07, 6.45) is 2.68. The van der Waals surface area contributed by atoms with Gasteiger partial charge in [0.1, 0.15) is 0 Å². The third-order valence-electron chi connectivity index (χ3n) is 3.02. The van der Waals surface area contributed by atoms with Gasteiger partial charge in [-0.25, -0.2) is 4.79 Å². The lowest BCUT2D eigenvalue weighted by Crippen LogP contribution is -1.91. The summed E-state index contributed by atoms with van der Waals surface area (Å²) in [5.41, 5.74) is 2.77. The molecule has 0 atom stereocenters. The van der Waals surface area contributed by atoms with E-state index in [1.807, 2.05) is 42.5 Å². The zero-order valence-corrected chi connectivity index (χ0v) is 11.9. The van der Waals surface area contributed by atoms with Gasteiger partial charge in [0.25, 0.3) is 0 Å². The van der Waals surface area contributed by atoms with Crippen LogP contribution in [-0.4, -0.2) is 25.3 Å². The number of carboxylic acids is 1. The molecule has 2 aromatic carbocycles. The SMILES string of the molecule is COc1ccc(-c2cccc(/C=C/C(=O)O)c2)cc1OC. The van der Waals surface area contributed by atoms with E-state index in [1.54, 1.807) is 20.3 Å². The Bertz CT molecular complexity index is 674. The maximum Gasteiger partial charge on any atom is 0.328 e. The Balaban J connectivity index is 2.38. The first-order chi connectivity index (χ1) is 10.1. The van der Waals surface area contributed by atoms with Crippen LogP contribution < -0.4 is 9.47 Å². The molecule has 0 aliphatic carbocycles. The fourth-order valence-electron chi connectivity index (χ4n) is 2.01. The third-order valence-corrected chi connectivity index (χ3v) is 3.02. The van der Waals surface area contributed by atoms with Gasteiger partial charge in [-0.15, -0.1) is 0 Å². The molecular weight excluding hydrogens is 268 g/mol. The number of carboxylic acid groups (broad SMARTS) is 1. The van der Waals surface area contributed by atoms with Crippen LogP contribution in [0.2, 0.25) is 0 Å². The lowest BCUT2D eigenvalue weighted by Gasteiger charge is -2.10. The third kappa shape index (κ3) is 3.63. The average molecular weight is 284 g/mol. The molecule has 4 heteroatoms. The van der Waals surface area contributed by atoms with Crippen LogP contribution in [0.25, 0.3) is 17.2 Å². The van der Waals surface area contributed by atoms with Crippen molar-refractivity contribution in [3.63, 3.8) is 0 Å². The monoisotopic (exact) mass is 284 g/mol. The lowest BCUT2D eigenvalue weighted by atomic mass is 10.0. The summed E-state index contributed by atoms with van der Waals surface area (Å²) >= 11 is 0. The van der Waals surface area contributed by atoms with Crippen LogP contribution in [0.4, 0.5) is 0 Å². The van der Waals surface area contributed by atoms with E-state index >= 15 is 0 Å². The molecule has 0 aliphatic rings. The number of carbonyl (C=O) groups is 1. The van der Waals surface area contributed by atoms with Crippen molar-refractivity contribution in [1.82, 2.24) is 0 Å². The summed E-state index contributed by atoms with van der Waals surface area (Å²) in [7, 11) is 3.18. The summed E-state index contributed by atoms with van der Waals surface area (Å²) in [5.74, 6) is 0.358. The van der Waals surface area contributed by atoms with Gasteiger partial charge in [0.2, 0.25) is 0 Å². The zero-order valence-electron chi connectivity index (χ0n) is 11.9. The second-order valence-electron chi connectivity index (χ2n) is 4.37. The van der Waals surface area contributed by atoms with Crippen LogP contribution in [-0.2, 0) is 4.79 Å². The molecule has 2 rings (SSSR count). The summed E-state index contributed by atoms with van der Waals surface area (Å²) in [6.45, 7) is 0. The maximum absolute atomic E-state index is 10.6. The van der Waals surface area contributed by atoms with Crippen molar-refractivity contribution in [1.29, 1.82) is 0 Å². The van der Waals surface area contributed by atoms with E-state index in [2.05, 4.69) is 0 Å². The van der Waals surface area contributed by atoms with E-state index in [-0.39, 0.29) is 0 Å². The van der Waals surface area contributed by atoms with Gasteiger partial charge >= 0.3 is 5.97 Å². The van der Waals surface area contributed by atoms with E-state index in [0.717, 1.165) is 22.8 Å². The Morgan fingerprint density at radius 3 is 2.38 bits per heavy atom. The lowest BCUT2D eigenvalue weighted by molar-refractivity contribution is -0.131. The topological polar surface area (TPSA) is 55.8 Å². The Kier molecular flexibility index (Phi) is 4.61. The number of aliphatic carboxylic acids is 1. The highest BCUT2D eigenvalue weighted by molar-refractivity contribution is 5.85. The molecule has 0 amide bonds. The predicted octanol–water partition coefficient (Wildman–Crippen LogP) is 3.47. The van der Waals surface area contributed by atoms with Crippen molar-refractivity contribution in [3.8, 4) is 22.6 Å². The zero-order chi connectivity index (χ0) is 15.2. The average Bonchev–Trinajstić information content (AvgIpc) is 2.52. The van der Waals surface area contributed by atoms with Gasteiger partial charge in [-0.2, -0.15) is 0 Å². The fourth-order valence-corrected chi connectivity index (χ4v) is 2.01. The van der Waals surface area contributed by atoms with Crippen molar-refractivity contribution >= 4 is 12.0 Å². The Morgan fingerprint density at radius 1 is 1.00 bits per heavy atom. The Hall–Kier alpha value is -2.75. The molecule has 0 fully saturated rings. The number of hydrogen-bond donors (Lipinski definition) is 1. The minimum Gasteiger partial charge on any atom is -0.493 e. The summed E-state index contributed by atoms with van der Waals surface area (Å²) in [6, 6.07) is 13.3. The molecule has 4 nitrogen and oxygen atoms in total. The van der Waals surface area contributed by atoms with Crippen molar-refractivity contribution in [2.45, 2.75) is 0 Å². The molecule has 0 spiro atoms. The molecule has 0 radical (unpaired) electrons. The minimum absolute atomic E-state index is 0.654. The van der Waals surface area contributed by atoms with E-state index in [9.17, 15) is 4.79 Å². The van der Waals surface area contributed by atoms with Crippen molar-refractivity contribution in [2.24, 2.45) is 0 Å². The number of ether oxygens (including phenoxy) is 2. The molecule has 2 aromatic rings. The standard InChI is InChI=1S/C17H16O4/c1-20-15-8-7-14(11-16(15)21-2)13-5-3-4-12(10-13)6-9-17(18)19/h3-11H,1-2H3,(H,18,19)/b9-6+. The number of benzene rings is 2. The smallest absolute Gasteiger partial charge is 0.328 e. The number of rotatable bonds is 5. The van der Waals surface area contributed by atoms with Crippen LogP contribution in [0.1, 0.15) is 5.56 Å². The summed E-state index contributed by atoms with van der Waals surface area (Å²) < 4.78 is 10.5. The summed E-state index contributed by atoms with van der Waals surface area (Å²) in [4.78, 5) is 10.6. The first-order valence-corrected chi connectivity index (χ1v) is 6.37. The van der Waals surface area contributed by atoms with Gasteiger partial charge < -0.3 is 14.6 Å². The molecule has 1 N–H and O–H groups in total. The summed E-state index contributed by atoms with van der Waals surface area (Å²) in [5, 5.41) is 8.67. The second kappa shape index (κ2) is 6.61. The van der Waals surface area contributed by atoms with Gasteiger partial charge in [0.15, 0.2) is 11.5 Å². The molecule has 108 valence electrons. The largest absolute Gasteiger partial charge is 0.493 e. The van der Waals surface area contributed by atoms with Crippen LogP contribution in [0.15, 0.2) is 48.5 Å². The molecule has 0 unspecified atom stereocenters. The van der Waals surface area contributed by atoms with Crippen LogP contribution in [0.5, 0.6) is 11.5 Å². The van der Waals surface area contributed by atoms with E-state index < -0.39 is 5.97 Å². The molecule has 0 aromatic heterocycles. The molecule has 0 bridgehead atoms. The van der Waals surface area contributed by atoms with Crippen molar-refractivity contribution in [3.05, 3.63) is 54.1 Å². The van der Waals surface area contributed by atoms with E-state index in [4.69, 9.17) is 14.6 Å². The molecule has 0 saturated carbocycles. The molecule has 21 heavy (non-hydrogen) atoms. The first-order valence-electron chi connectivity index (χ1n) is 6.37. The van der Waals surface area contributed by atoms with Crippen molar-refractivity contribution in [2.75, 3.05) is 14.2 Å². The van der Waals surface area contributed by atoms with Gasteiger partial charge in [0.05, 0.1) is 14.2 Å². The Labute approximate surface area is 123 Å². The van der Waals surface area contributed by atoms with Gasteiger partial charge in [0, 0.05) is 6.08 Å². The molecule has 0 heterocycles. The number of methoxy groups -OCH3 is 2. The maximum atomic E-state index is 10.6. The van der Waals surface area contributed by atoms with E-state index in [1.165, 1.54) is 0 Å².